The predicted molar refractivity (Wildman–Crippen MR) is 93.8 cm³/mol. The van der Waals surface area contributed by atoms with Crippen LogP contribution in [0.3, 0.4) is 0 Å². The van der Waals surface area contributed by atoms with Crippen molar-refractivity contribution in [1.29, 1.82) is 0 Å². The van der Waals surface area contributed by atoms with Crippen molar-refractivity contribution < 1.29 is 0 Å². The summed E-state index contributed by atoms with van der Waals surface area (Å²) in [5, 5.41) is 0. The second-order valence-corrected chi connectivity index (χ2v) is 7.48. The smallest absolute Gasteiger partial charge is 0.0132 e. The highest BCUT2D eigenvalue weighted by molar-refractivity contribution is 5.64. The van der Waals surface area contributed by atoms with Crippen LogP contribution >= 0.6 is 0 Å². The van der Waals surface area contributed by atoms with Crippen molar-refractivity contribution in [2.75, 3.05) is 0 Å². The van der Waals surface area contributed by atoms with E-state index in [1.165, 1.54) is 22.3 Å². The Hall–Kier alpha value is -1.56. The highest BCUT2D eigenvalue weighted by Crippen LogP contribution is 2.28. The second kappa shape index (κ2) is 6.05. The monoisotopic (exact) mass is 280 g/mol. The van der Waals surface area contributed by atoms with Crippen molar-refractivity contribution in [3.05, 3.63) is 59.7 Å². The first-order valence-electron chi connectivity index (χ1n) is 8.00. The van der Waals surface area contributed by atoms with Crippen LogP contribution in [0.2, 0.25) is 0 Å². The molecular weight excluding hydrogens is 252 g/mol. The fraction of sp³-hybridized carbons (Fsp3) is 0.429. The minimum Gasteiger partial charge on any atom is -0.0622 e. The van der Waals surface area contributed by atoms with Crippen LogP contribution in [0.5, 0.6) is 0 Å². The maximum absolute atomic E-state index is 2.30. The summed E-state index contributed by atoms with van der Waals surface area (Å²) in [7, 11) is 0. The molecule has 0 spiro atoms. The van der Waals surface area contributed by atoms with Gasteiger partial charge in [-0.15, -0.1) is 0 Å². The number of benzene rings is 2. The van der Waals surface area contributed by atoms with Crippen molar-refractivity contribution in [2.24, 2.45) is 5.92 Å². The van der Waals surface area contributed by atoms with Crippen LogP contribution in [0.25, 0.3) is 11.1 Å². The van der Waals surface area contributed by atoms with Crippen molar-refractivity contribution in [1.82, 2.24) is 0 Å². The summed E-state index contributed by atoms with van der Waals surface area (Å²) in [5.41, 5.74) is 5.63. The molecule has 1 atom stereocenters. The van der Waals surface area contributed by atoms with E-state index in [-0.39, 0.29) is 5.41 Å². The quantitative estimate of drug-likeness (QED) is 0.609. The highest BCUT2D eigenvalue weighted by Gasteiger charge is 2.13. The first kappa shape index (κ1) is 15.8. The average molecular weight is 280 g/mol. The van der Waals surface area contributed by atoms with E-state index < -0.39 is 0 Å². The molecule has 0 bridgehead atoms. The molecule has 2 aromatic carbocycles. The van der Waals surface area contributed by atoms with Crippen LogP contribution in [0.4, 0.5) is 0 Å². The molecule has 0 fully saturated rings. The van der Waals surface area contributed by atoms with Crippen molar-refractivity contribution >= 4 is 0 Å². The SMILES string of the molecule is CC(C)C(C)c1ccc(-c2ccc(C(C)(C)C)cc2)cc1. The Labute approximate surface area is 130 Å². The first-order valence-corrected chi connectivity index (χ1v) is 8.00. The normalized spacial score (nSPS) is 13.5. The summed E-state index contributed by atoms with van der Waals surface area (Å²) in [5.74, 6) is 1.30. The fourth-order valence-electron chi connectivity index (χ4n) is 2.53. The lowest BCUT2D eigenvalue weighted by atomic mass is 9.86. The molecule has 0 aliphatic rings. The zero-order chi connectivity index (χ0) is 15.6. The minimum atomic E-state index is 0.217. The van der Waals surface area contributed by atoms with E-state index in [4.69, 9.17) is 0 Å². The van der Waals surface area contributed by atoms with Gasteiger partial charge in [-0.25, -0.2) is 0 Å². The molecule has 0 saturated carbocycles. The average Bonchev–Trinajstić information content (AvgIpc) is 2.46. The van der Waals surface area contributed by atoms with Crippen LogP contribution in [-0.2, 0) is 5.41 Å². The Morgan fingerprint density at radius 1 is 0.667 bits per heavy atom. The third-order valence-electron chi connectivity index (χ3n) is 4.52. The molecule has 2 aromatic rings. The van der Waals surface area contributed by atoms with Crippen LogP contribution in [-0.4, -0.2) is 0 Å². The van der Waals surface area contributed by atoms with Gasteiger partial charge in [-0.2, -0.15) is 0 Å². The Morgan fingerprint density at radius 2 is 1.10 bits per heavy atom. The molecule has 0 nitrogen and oxygen atoms in total. The lowest BCUT2D eigenvalue weighted by molar-refractivity contribution is 0.535. The van der Waals surface area contributed by atoms with E-state index in [1.54, 1.807) is 0 Å². The lowest BCUT2D eigenvalue weighted by Crippen LogP contribution is -2.10. The molecule has 0 heterocycles. The molecular formula is C21H28. The molecule has 2 rings (SSSR count). The minimum absolute atomic E-state index is 0.217. The molecule has 0 aliphatic heterocycles. The van der Waals surface area contributed by atoms with Crippen molar-refractivity contribution in [2.45, 2.75) is 52.9 Å². The van der Waals surface area contributed by atoms with Crippen LogP contribution < -0.4 is 0 Å². The number of hydrogen-bond acceptors (Lipinski definition) is 0. The number of hydrogen-bond donors (Lipinski definition) is 0. The Bertz CT molecular complexity index is 565. The Morgan fingerprint density at radius 3 is 1.48 bits per heavy atom. The predicted octanol–water partition coefficient (Wildman–Crippen LogP) is 6.41. The van der Waals surface area contributed by atoms with Gasteiger partial charge in [0.2, 0.25) is 0 Å². The van der Waals surface area contributed by atoms with Gasteiger partial charge in [0.1, 0.15) is 0 Å². The van der Waals surface area contributed by atoms with Gasteiger partial charge >= 0.3 is 0 Å². The molecule has 0 aromatic heterocycles. The topological polar surface area (TPSA) is 0 Å². The Balaban J connectivity index is 2.23. The van der Waals surface area contributed by atoms with E-state index in [2.05, 4.69) is 90.1 Å². The maximum atomic E-state index is 2.30. The summed E-state index contributed by atoms with van der Waals surface area (Å²) < 4.78 is 0. The summed E-state index contributed by atoms with van der Waals surface area (Å²) >= 11 is 0. The van der Waals surface area contributed by atoms with Gasteiger partial charge in [-0.1, -0.05) is 90.1 Å². The second-order valence-electron chi connectivity index (χ2n) is 7.48. The standard InChI is InChI=1S/C21H28/c1-15(2)16(3)17-7-9-18(10-8-17)19-11-13-20(14-12-19)21(4,5)6/h7-16H,1-6H3. The molecule has 112 valence electrons. The zero-order valence-electron chi connectivity index (χ0n) is 14.3. The summed E-state index contributed by atoms with van der Waals surface area (Å²) in [6.45, 7) is 13.6. The van der Waals surface area contributed by atoms with Gasteiger partial charge in [-0.3, -0.25) is 0 Å². The van der Waals surface area contributed by atoms with Crippen molar-refractivity contribution in [3.63, 3.8) is 0 Å². The van der Waals surface area contributed by atoms with Gasteiger partial charge in [-0.05, 0) is 39.5 Å². The highest BCUT2D eigenvalue weighted by atomic mass is 14.2. The molecule has 21 heavy (non-hydrogen) atoms. The fourth-order valence-corrected chi connectivity index (χ4v) is 2.53. The van der Waals surface area contributed by atoms with E-state index in [1.807, 2.05) is 0 Å². The van der Waals surface area contributed by atoms with E-state index >= 15 is 0 Å². The van der Waals surface area contributed by atoms with Gasteiger partial charge in [0.05, 0.1) is 0 Å². The molecule has 0 radical (unpaired) electrons. The number of rotatable bonds is 3. The van der Waals surface area contributed by atoms with Crippen molar-refractivity contribution in [3.8, 4) is 11.1 Å². The van der Waals surface area contributed by atoms with E-state index in [0.29, 0.717) is 11.8 Å². The largest absolute Gasteiger partial charge is 0.0622 e. The summed E-state index contributed by atoms with van der Waals surface area (Å²) in [4.78, 5) is 0. The Kier molecular flexibility index (Phi) is 4.56. The molecule has 0 amide bonds. The lowest BCUT2D eigenvalue weighted by Gasteiger charge is -2.19. The van der Waals surface area contributed by atoms with Crippen LogP contribution in [0.1, 0.15) is 58.6 Å². The molecule has 0 N–H and O–H groups in total. The summed E-state index contributed by atoms with van der Waals surface area (Å²) in [6, 6.07) is 18.0. The van der Waals surface area contributed by atoms with Crippen LogP contribution in [0, 0.1) is 5.92 Å². The van der Waals surface area contributed by atoms with Crippen LogP contribution in [0.15, 0.2) is 48.5 Å². The third-order valence-corrected chi connectivity index (χ3v) is 4.52. The maximum Gasteiger partial charge on any atom is -0.0132 e. The van der Waals surface area contributed by atoms with Gasteiger partial charge in [0, 0.05) is 0 Å². The van der Waals surface area contributed by atoms with Gasteiger partial charge in [0.25, 0.3) is 0 Å². The molecule has 0 aliphatic carbocycles. The van der Waals surface area contributed by atoms with E-state index in [0.717, 1.165) is 0 Å². The first-order chi connectivity index (χ1) is 9.79. The molecule has 0 saturated heterocycles. The van der Waals surface area contributed by atoms with Gasteiger partial charge in [0.15, 0.2) is 0 Å². The molecule has 1 unspecified atom stereocenters. The van der Waals surface area contributed by atoms with Gasteiger partial charge < -0.3 is 0 Å². The van der Waals surface area contributed by atoms with E-state index in [9.17, 15) is 0 Å². The zero-order valence-corrected chi connectivity index (χ0v) is 14.3. The molecule has 0 heteroatoms. The third kappa shape index (κ3) is 3.75. The summed E-state index contributed by atoms with van der Waals surface area (Å²) in [6.07, 6.45) is 0.